The Balaban J connectivity index is 1.33. The molecule has 0 radical (unpaired) electrons. The fraction of sp³-hybridized carbons (Fsp3) is 0.545. The van der Waals surface area contributed by atoms with Gasteiger partial charge in [-0.15, -0.1) is 32.9 Å². The van der Waals surface area contributed by atoms with E-state index in [4.69, 9.17) is 0 Å². The number of rotatable bonds is 3. The molecular weight excluding hydrogens is 444 g/mol. The van der Waals surface area contributed by atoms with E-state index in [-0.39, 0.29) is 24.2 Å². The molecule has 0 N–H and O–H groups in total. The smallest absolute Gasteiger partial charge is 0.267 e. The predicted octanol–water partition coefficient (Wildman–Crippen LogP) is 2.97. The van der Waals surface area contributed by atoms with Crippen LogP contribution in [0.5, 0.6) is 0 Å². The highest BCUT2D eigenvalue weighted by molar-refractivity contribution is 7.19. The lowest BCUT2D eigenvalue weighted by atomic mass is 9.89. The van der Waals surface area contributed by atoms with Crippen molar-refractivity contribution in [2.45, 2.75) is 65.5 Å². The van der Waals surface area contributed by atoms with Crippen molar-refractivity contribution in [2.75, 3.05) is 0 Å². The highest BCUT2D eigenvalue weighted by Crippen LogP contribution is 2.36. The van der Waals surface area contributed by atoms with Gasteiger partial charge in [0.15, 0.2) is 9.66 Å². The number of aromatic nitrogens is 6. The molecule has 32 heavy (non-hydrogen) atoms. The van der Waals surface area contributed by atoms with Gasteiger partial charge in [-0.1, -0.05) is 24.3 Å². The summed E-state index contributed by atoms with van der Waals surface area (Å²) in [5, 5.41) is 18.4. The average Bonchev–Trinajstić information content (AvgIpc) is 3.32. The lowest BCUT2D eigenvalue weighted by Gasteiger charge is -2.17. The molecule has 0 unspecified atom stereocenters. The van der Waals surface area contributed by atoms with Crippen molar-refractivity contribution in [2.24, 2.45) is 11.8 Å². The van der Waals surface area contributed by atoms with E-state index < -0.39 is 0 Å². The summed E-state index contributed by atoms with van der Waals surface area (Å²) < 4.78 is 2.74. The zero-order valence-corrected chi connectivity index (χ0v) is 19.8. The lowest BCUT2D eigenvalue weighted by Crippen LogP contribution is -2.31. The molecule has 4 aromatic rings. The predicted molar refractivity (Wildman–Crippen MR) is 126 cm³/mol. The van der Waals surface area contributed by atoms with Crippen LogP contribution in [0, 0.1) is 11.8 Å². The Kier molecular flexibility index (Phi) is 4.76. The van der Waals surface area contributed by atoms with Crippen LogP contribution in [0.25, 0.3) is 20.4 Å². The normalized spacial score (nSPS) is 20.6. The average molecular weight is 469 g/mol. The van der Waals surface area contributed by atoms with E-state index in [1.54, 1.807) is 22.7 Å². The zero-order valence-electron chi connectivity index (χ0n) is 18.1. The van der Waals surface area contributed by atoms with Crippen LogP contribution < -0.4 is 11.1 Å². The Morgan fingerprint density at radius 1 is 0.781 bits per heavy atom. The van der Waals surface area contributed by atoms with Gasteiger partial charge in [-0.05, 0) is 61.5 Å². The number of hydrogen-bond acceptors (Lipinski definition) is 8. The van der Waals surface area contributed by atoms with E-state index in [9.17, 15) is 9.59 Å². The van der Waals surface area contributed by atoms with Crippen LogP contribution >= 0.6 is 22.7 Å². The van der Waals surface area contributed by atoms with Crippen LogP contribution in [0.15, 0.2) is 9.59 Å². The highest BCUT2D eigenvalue weighted by atomic mass is 32.1. The van der Waals surface area contributed by atoms with Crippen LogP contribution in [0.1, 0.15) is 47.6 Å². The van der Waals surface area contributed by atoms with Crippen molar-refractivity contribution < 1.29 is 0 Å². The quantitative estimate of drug-likeness (QED) is 0.459. The first-order valence-electron chi connectivity index (χ1n) is 11.3. The minimum Gasteiger partial charge on any atom is -0.267 e. The molecule has 0 amide bonds. The van der Waals surface area contributed by atoms with Gasteiger partial charge in [-0.25, -0.2) is 9.36 Å². The van der Waals surface area contributed by atoms with Crippen molar-refractivity contribution in [1.29, 1.82) is 0 Å². The van der Waals surface area contributed by atoms with E-state index >= 15 is 0 Å². The van der Waals surface area contributed by atoms with Crippen LogP contribution in [0.2, 0.25) is 0 Å². The van der Waals surface area contributed by atoms with Crippen molar-refractivity contribution in [3.05, 3.63) is 41.6 Å². The Hall–Kier alpha value is -2.46. The SMILES string of the molecule is C[C@@H]1CCc2c(sc3nnn(CCn4nnc5sc6c(c5c4=O)CC[C@H](C)C6)c(=O)c23)C1. The van der Waals surface area contributed by atoms with Crippen LogP contribution in [-0.4, -0.2) is 30.0 Å². The fourth-order valence-corrected chi connectivity index (χ4v) is 7.70. The van der Waals surface area contributed by atoms with Gasteiger partial charge in [0.1, 0.15) is 0 Å². The molecule has 0 fully saturated rings. The Labute approximate surface area is 191 Å². The van der Waals surface area contributed by atoms with Gasteiger partial charge in [-0.2, -0.15) is 0 Å². The summed E-state index contributed by atoms with van der Waals surface area (Å²) in [4.78, 5) is 30.4. The van der Waals surface area contributed by atoms with Crippen LogP contribution in [0.3, 0.4) is 0 Å². The monoisotopic (exact) mass is 468 g/mol. The Morgan fingerprint density at radius 3 is 1.66 bits per heavy atom. The van der Waals surface area contributed by atoms with E-state index in [2.05, 4.69) is 34.5 Å². The maximum Gasteiger partial charge on any atom is 0.278 e. The molecule has 0 bridgehead atoms. The molecule has 8 nitrogen and oxygen atoms in total. The van der Waals surface area contributed by atoms with E-state index in [1.807, 2.05) is 0 Å². The van der Waals surface area contributed by atoms with Gasteiger partial charge in [0.05, 0.1) is 23.9 Å². The van der Waals surface area contributed by atoms with Crippen molar-refractivity contribution >= 4 is 43.1 Å². The molecule has 4 aromatic heterocycles. The molecule has 0 saturated heterocycles. The third kappa shape index (κ3) is 3.14. The topological polar surface area (TPSA) is 95.6 Å². The van der Waals surface area contributed by atoms with Gasteiger partial charge in [-0.3, -0.25) is 9.59 Å². The van der Waals surface area contributed by atoms with Crippen molar-refractivity contribution in [3.8, 4) is 0 Å². The summed E-state index contributed by atoms with van der Waals surface area (Å²) >= 11 is 3.19. The summed E-state index contributed by atoms with van der Waals surface area (Å²) in [6.07, 6.45) is 6.03. The maximum absolute atomic E-state index is 13.2. The molecule has 10 heteroatoms. The summed E-state index contributed by atoms with van der Waals surface area (Å²) in [5.74, 6) is 1.27. The third-order valence-electron chi connectivity index (χ3n) is 6.89. The summed E-state index contributed by atoms with van der Waals surface area (Å²) in [6, 6.07) is 0. The number of nitrogens with zero attached hydrogens (tertiary/aromatic N) is 6. The molecule has 0 aromatic carbocycles. The van der Waals surface area contributed by atoms with Gasteiger partial charge in [0, 0.05) is 9.75 Å². The molecule has 2 aliphatic rings. The molecule has 0 aliphatic heterocycles. The summed E-state index contributed by atoms with van der Waals surface area (Å²) in [7, 11) is 0. The molecular formula is C22H24N6O2S2. The van der Waals surface area contributed by atoms with E-state index in [0.29, 0.717) is 22.6 Å². The second kappa shape index (κ2) is 7.55. The van der Waals surface area contributed by atoms with Crippen LogP contribution in [0.4, 0.5) is 0 Å². The number of fused-ring (bicyclic) bond motifs is 6. The second-order valence-corrected chi connectivity index (χ2v) is 11.5. The molecule has 0 spiro atoms. The highest BCUT2D eigenvalue weighted by Gasteiger charge is 2.25. The number of hydrogen-bond donors (Lipinski definition) is 0. The minimum atomic E-state index is -0.119. The fourth-order valence-electron chi connectivity index (χ4n) is 5.07. The second-order valence-electron chi connectivity index (χ2n) is 9.30. The van der Waals surface area contributed by atoms with Gasteiger partial charge in [0.25, 0.3) is 11.1 Å². The zero-order chi connectivity index (χ0) is 22.0. The van der Waals surface area contributed by atoms with Crippen LogP contribution in [-0.2, 0) is 38.8 Å². The molecule has 6 rings (SSSR count). The minimum absolute atomic E-state index is 0.119. The van der Waals surface area contributed by atoms with E-state index in [1.165, 1.54) is 19.1 Å². The van der Waals surface area contributed by atoms with Gasteiger partial charge in [0.2, 0.25) is 0 Å². The molecule has 2 aliphatic carbocycles. The molecule has 4 heterocycles. The first kappa shape index (κ1) is 20.2. The first-order valence-corrected chi connectivity index (χ1v) is 12.9. The molecule has 166 valence electrons. The first-order chi connectivity index (χ1) is 15.5. The third-order valence-corrected chi connectivity index (χ3v) is 9.17. The van der Waals surface area contributed by atoms with Gasteiger partial charge >= 0.3 is 0 Å². The summed E-state index contributed by atoms with van der Waals surface area (Å²) in [6.45, 7) is 4.98. The standard InChI is InChI=1S/C22H24N6O2S2/c1-11-3-5-13-15(9-11)31-19-17(13)21(29)27(25-23-19)7-8-28-22(30)18-14-6-4-12(2)10-16(14)32-20(18)24-26-28/h11-12H,3-10H2,1-2H3/t11-,12+. The number of thiophene rings is 2. The Bertz CT molecular complexity index is 1370. The van der Waals surface area contributed by atoms with Crippen molar-refractivity contribution in [1.82, 2.24) is 30.0 Å². The molecule has 2 atom stereocenters. The number of aryl methyl sites for hydroxylation is 4. The maximum atomic E-state index is 13.2. The summed E-state index contributed by atoms with van der Waals surface area (Å²) in [5.41, 5.74) is 2.06. The van der Waals surface area contributed by atoms with E-state index in [0.717, 1.165) is 59.3 Å². The largest absolute Gasteiger partial charge is 0.278 e. The molecule has 0 saturated carbocycles. The lowest BCUT2D eigenvalue weighted by molar-refractivity contribution is 0.445. The van der Waals surface area contributed by atoms with Crippen molar-refractivity contribution in [3.63, 3.8) is 0 Å². The van der Waals surface area contributed by atoms with Gasteiger partial charge < -0.3 is 0 Å². The Morgan fingerprint density at radius 2 is 1.22 bits per heavy atom.